The average Bonchev–Trinajstić information content (AvgIpc) is 2.78. The van der Waals surface area contributed by atoms with E-state index in [1.807, 2.05) is 18.9 Å². The van der Waals surface area contributed by atoms with Crippen molar-refractivity contribution < 1.29 is 9.53 Å². The highest BCUT2D eigenvalue weighted by molar-refractivity contribution is 5.83. The molecule has 0 aromatic rings. The summed E-state index contributed by atoms with van der Waals surface area (Å²) in [5, 5.41) is 0. The topological polar surface area (TPSA) is 58.8 Å². The van der Waals surface area contributed by atoms with Crippen molar-refractivity contribution in [2.24, 2.45) is 11.1 Å². The molecule has 2 rings (SSSR count). The normalized spacial score (nSPS) is 33.6. The minimum atomic E-state index is -0.545. The molecule has 2 unspecified atom stereocenters. The van der Waals surface area contributed by atoms with Crippen LogP contribution in [0.4, 0.5) is 0 Å². The quantitative estimate of drug-likeness (QED) is 0.800. The lowest BCUT2D eigenvalue weighted by Gasteiger charge is -2.40. The Morgan fingerprint density at radius 3 is 2.58 bits per heavy atom. The molecule has 5 heteroatoms. The van der Waals surface area contributed by atoms with Gasteiger partial charge < -0.3 is 20.3 Å². The number of piperidine rings is 1. The largest absolute Gasteiger partial charge is 0.379 e. The molecule has 1 amide bonds. The highest BCUT2D eigenvalue weighted by atomic mass is 16.5. The van der Waals surface area contributed by atoms with Gasteiger partial charge >= 0.3 is 0 Å². The fourth-order valence-electron chi connectivity index (χ4n) is 3.10. The zero-order valence-electron chi connectivity index (χ0n) is 12.4. The first-order valence-electron chi connectivity index (χ1n) is 7.32. The third kappa shape index (κ3) is 2.78. The third-order valence-electron chi connectivity index (χ3n) is 4.88. The van der Waals surface area contributed by atoms with Crippen molar-refractivity contribution in [2.45, 2.75) is 38.8 Å². The van der Waals surface area contributed by atoms with Crippen molar-refractivity contribution in [2.75, 3.05) is 39.9 Å². The Kier molecular flexibility index (Phi) is 4.48. The van der Waals surface area contributed by atoms with Gasteiger partial charge in [-0.15, -0.1) is 0 Å². The first kappa shape index (κ1) is 14.8. The number of rotatable bonds is 3. The molecule has 2 heterocycles. The maximum Gasteiger partial charge on any atom is 0.232 e. The van der Waals surface area contributed by atoms with E-state index in [2.05, 4.69) is 11.8 Å². The first-order valence-corrected chi connectivity index (χ1v) is 7.32. The molecule has 0 spiro atoms. The van der Waals surface area contributed by atoms with Crippen LogP contribution in [0.25, 0.3) is 0 Å². The Morgan fingerprint density at radius 1 is 1.47 bits per heavy atom. The van der Waals surface area contributed by atoms with E-state index in [0.717, 1.165) is 32.5 Å². The summed E-state index contributed by atoms with van der Waals surface area (Å²) < 4.78 is 5.38. The summed E-state index contributed by atoms with van der Waals surface area (Å²) in [6, 6.07) is 0.165. The van der Waals surface area contributed by atoms with Gasteiger partial charge in [0, 0.05) is 32.2 Å². The number of likely N-dealkylation sites (tertiary alicyclic amines) is 1. The Bertz CT molecular complexity index is 329. The van der Waals surface area contributed by atoms with Crippen LogP contribution in [0, 0.1) is 5.41 Å². The van der Waals surface area contributed by atoms with Crippen molar-refractivity contribution in [3.05, 3.63) is 0 Å². The average molecular weight is 269 g/mol. The van der Waals surface area contributed by atoms with Gasteiger partial charge in [-0.25, -0.2) is 0 Å². The van der Waals surface area contributed by atoms with E-state index >= 15 is 0 Å². The predicted molar refractivity (Wildman–Crippen MR) is 74.8 cm³/mol. The van der Waals surface area contributed by atoms with Crippen LogP contribution in [-0.4, -0.2) is 67.7 Å². The smallest absolute Gasteiger partial charge is 0.232 e. The van der Waals surface area contributed by atoms with E-state index in [1.54, 1.807) is 0 Å². The lowest BCUT2D eigenvalue weighted by molar-refractivity contribution is -0.143. The summed E-state index contributed by atoms with van der Waals surface area (Å²) in [4.78, 5) is 17.0. The molecule has 110 valence electrons. The summed E-state index contributed by atoms with van der Waals surface area (Å²) in [7, 11) is 1.92. The molecule has 2 atom stereocenters. The minimum Gasteiger partial charge on any atom is -0.379 e. The van der Waals surface area contributed by atoms with Crippen molar-refractivity contribution in [1.82, 2.24) is 9.80 Å². The first-order chi connectivity index (χ1) is 8.99. The van der Waals surface area contributed by atoms with Gasteiger partial charge in [0.25, 0.3) is 0 Å². The molecule has 0 aliphatic carbocycles. The summed E-state index contributed by atoms with van der Waals surface area (Å²) >= 11 is 0. The van der Waals surface area contributed by atoms with Gasteiger partial charge in [-0.05, 0) is 26.3 Å². The van der Waals surface area contributed by atoms with E-state index in [9.17, 15) is 4.79 Å². The van der Waals surface area contributed by atoms with Gasteiger partial charge in [-0.1, -0.05) is 6.92 Å². The lowest BCUT2D eigenvalue weighted by Crippen LogP contribution is -2.54. The van der Waals surface area contributed by atoms with E-state index < -0.39 is 5.41 Å². The van der Waals surface area contributed by atoms with Gasteiger partial charge in [0.05, 0.1) is 18.6 Å². The molecule has 0 bridgehead atoms. The summed E-state index contributed by atoms with van der Waals surface area (Å²) in [5.74, 6) is 0.146. The molecule has 2 aliphatic rings. The fraction of sp³-hybridized carbons (Fsp3) is 0.929. The highest BCUT2D eigenvalue weighted by Crippen LogP contribution is 2.31. The molecule has 0 radical (unpaired) electrons. The minimum absolute atomic E-state index is 0.146. The Morgan fingerprint density at radius 2 is 2.11 bits per heavy atom. The van der Waals surface area contributed by atoms with Crippen LogP contribution < -0.4 is 5.73 Å². The van der Waals surface area contributed by atoms with Crippen LogP contribution in [0.3, 0.4) is 0 Å². The monoisotopic (exact) mass is 269 g/mol. The predicted octanol–water partition coefficient (Wildman–Crippen LogP) is 0.293. The summed E-state index contributed by atoms with van der Waals surface area (Å²) in [6.07, 6.45) is 2.12. The molecule has 2 aliphatic heterocycles. The summed E-state index contributed by atoms with van der Waals surface area (Å²) in [5.41, 5.74) is 5.50. The van der Waals surface area contributed by atoms with Crippen LogP contribution in [0.1, 0.15) is 26.7 Å². The number of amides is 1. The van der Waals surface area contributed by atoms with Crippen LogP contribution in [0.5, 0.6) is 0 Å². The van der Waals surface area contributed by atoms with Crippen molar-refractivity contribution in [1.29, 1.82) is 0 Å². The number of hydrogen-bond donors (Lipinski definition) is 1. The maximum absolute atomic E-state index is 12.7. The van der Waals surface area contributed by atoms with Crippen molar-refractivity contribution in [3.63, 3.8) is 0 Å². The molecule has 0 aromatic heterocycles. The molecule has 2 N–H and O–H groups in total. The number of nitrogens with two attached hydrogens (primary N) is 1. The van der Waals surface area contributed by atoms with Crippen LogP contribution in [0.2, 0.25) is 0 Å². The van der Waals surface area contributed by atoms with Gasteiger partial charge in [-0.3, -0.25) is 4.79 Å². The van der Waals surface area contributed by atoms with Gasteiger partial charge in [-0.2, -0.15) is 0 Å². The highest BCUT2D eigenvalue weighted by Gasteiger charge is 2.46. The molecule has 0 saturated carbocycles. The van der Waals surface area contributed by atoms with Crippen molar-refractivity contribution in [3.8, 4) is 0 Å². The zero-order valence-corrected chi connectivity index (χ0v) is 12.4. The number of hydrogen-bond acceptors (Lipinski definition) is 4. The third-order valence-corrected chi connectivity index (χ3v) is 4.88. The van der Waals surface area contributed by atoms with E-state index in [0.29, 0.717) is 19.3 Å². The molecule has 2 saturated heterocycles. The van der Waals surface area contributed by atoms with Gasteiger partial charge in [0.15, 0.2) is 0 Å². The molecule has 5 nitrogen and oxygen atoms in total. The molecular weight excluding hydrogens is 242 g/mol. The second-order valence-electron chi connectivity index (χ2n) is 6.12. The maximum atomic E-state index is 12.7. The van der Waals surface area contributed by atoms with E-state index in [1.165, 1.54) is 0 Å². The summed E-state index contributed by atoms with van der Waals surface area (Å²) in [6.45, 7) is 8.32. The Labute approximate surface area is 116 Å². The van der Waals surface area contributed by atoms with Crippen molar-refractivity contribution >= 4 is 5.91 Å². The standard InChI is InChI=1S/C14H27N3O2/c1-4-17-7-5-11(6-8-17)16(3)13(18)14(2)10-19-9-12(14)15/h11-12H,4-10,15H2,1-3H3. The van der Waals surface area contributed by atoms with Crippen LogP contribution >= 0.6 is 0 Å². The molecule has 0 aromatic carbocycles. The SMILES string of the molecule is CCN1CCC(N(C)C(=O)C2(C)COCC2N)CC1. The number of nitrogens with zero attached hydrogens (tertiary/aromatic N) is 2. The molecule has 19 heavy (non-hydrogen) atoms. The second-order valence-corrected chi connectivity index (χ2v) is 6.12. The second kappa shape index (κ2) is 5.77. The van der Waals surface area contributed by atoms with Crippen LogP contribution in [0.15, 0.2) is 0 Å². The van der Waals surface area contributed by atoms with E-state index in [4.69, 9.17) is 10.5 Å². The number of carbonyl (C=O) groups excluding carboxylic acids is 1. The van der Waals surface area contributed by atoms with Gasteiger partial charge in [0.1, 0.15) is 0 Å². The fourth-order valence-corrected chi connectivity index (χ4v) is 3.10. The van der Waals surface area contributed by atoms with Gasteiger partial charge in [0.2, 0.25) is 5.91 Å². The Hall–Kier alpha value is -0.650. The number of ether oxygens (including phenoxy) is 1. The van der Waals surface area contributed by atoms with Crippen LogP contribution in [-0.2, 0) is 9.53 Å². The number of carbonyl (C=O) groups is 1. The molecule has 2 fully saturated rings. The Balaban J connectivity index is 1.96. The zero-order chi connectivity index (χ0) is 14.0. The lowest BCUT2D eigenvalue weighted by atomic mass is 9.83. The molecular formula is C14H27N3O2. The van der Waals surface area contributed by atoms with E-state index in [-0.39, 0.29) is 11.9 Å².